The molecule has 2 aromatic rings. The van der Waals surface area contributed by atoms with Gasteiger partial charge in [0.1, 0.15) is 4.88 Å². The molecule has 3 rings (SSSR count). The molecular formula is C13H12N2OS2. The predicted molar refractivity (Wildman–Crippen MR) is 78.5 cm³/mol. The largest absolute Gasteiger partial charge is 0.355 e. The van der Waals surface area contributed by atoms with Gasteiger partial charge < -0.3 is 10.2 Å². The highest BCUT2D eigenvalue weighted by molar-refractivity contribution is 8.15. The van der Waals surface area contributed by atoms with E-state index in [9.17, 15) is 4.79 Å². The van der Waals surface area contributed by atoms with Crippen LogP contribution in [0, 0.1) is 0 Å². The normalized spacial score (nSPS) is 18.1. The van der Waals surface area contributed by atoms with Crippen molar-refractivity contribution in [3.05, 3.63) is 46.7 Å². The van der Waals surface area contributed by atoms with E-state index in [0.717, 1.165) is 16.3 Å². The van der Waals surface area contributed by atoms with Gasteiger partial charge in [0.2, 0.25) is 5.12 Å². The molecule has 5 heteroatoms. The van der Waals surface area contributed by atoms with E-state index >= 15 is 0 Å². The van der Waals surface area contributed by atoms with Crippen LogP contribution in [0.4, 0.5) is 11.4 Å². The van der Waals surface area contributed by atoms with Crippen molar-refractivity contribution in [3.63, 3.8) is 0 Å². The maximum atomic E-state index is 12.0. The van der Waals surface area contributed by atoms with Crippen LogP contribution in [0.15, 0.2) is 41.8 Å². The van der Waals surface area contributed by atoms with Crippen LogP contribution < -0.4 is 10.2 Å². The van der Waals surface area contributed by atoms with Crippen LogP contribution in [0.2, 0.25) is 0 Å². The summed E-state index contributed by atoms with van der Waals surface area (Å²) >= 11 is 2.81. The van der Waals surface area contributed by atoms with Crippen molar-refractivity contribution in [1.29, 1.82) is 0 Å². The van der Waals surface area contributed by atoms with Gasteiger partial charge in [-0.15, -0.1) is 11.3 Å². The van der Waals surface area contributed by atoms with Gasteiger partial charge in [-0.2, -0.15) is 0 Å². The zero-order valence-electron chi connectivity index (χ0n) is 9.79. The summed E-state index contributed by atoms with van der Waals surface area (Å²) in [6, 6.07) is 12.0. The van der Waals surface area contributed by atoms with Gasteiger partial charge in [-0.25, -0.2) is 0 Å². The van der Waals surface area contributed by atoms with E-state index in [-0.39, 0.29) is 10.6 Å². The summed E-state index contributed by atoms with van der Waals surface area (Å²) in [6.07, 6.45) is 0. The van der Waals surface area contributed by atoms with Gasteiger partial charge in [-0.3, -0.25) is 4.79 Å². The Bertz CT molecular complexity index is 567. The van der Waals surface area contributed by atoms with Gasteiger partial charge in [0.05, 0.1) is 5.69 Å². The highest BCUT2D eigenvalue weighted by Gasteiger charge is 2.28. The first-order chi connectivity index (χ1) is 8.75. The minimum atomic E-state index is -0.0537. The summed E-state index contributed by atoms with van der Waals surface area (Å²) in [5.41, 5.74) is 1.98. The van der Waals surface area contributed by atoms with Crippen LogP contribution >= 0.6 is 23.1 Å². The van der Waals surface area contributed by atoms with E-state index < -0.39 is 0 Å². The van der Waals surface area contributed by atoms with Crippen molar-refractivity contribution in [1.82, 2.24) is 0 Å². The molecule has 0 radical (unpaired) electrons. The Kier molecular flexibility index (Phi) is 3.01. The third-order valence-corrected chi connectivity index (χ3v) is 4.98. The number of nitrogens with one attached hydrogen (secondary N) is 1. The highest BCUT2D eigenvalue weighted by Crippen LogP contribution is 2.36. The van der Waals surface area contributed by atoms with Crippen LogP contribution in [-0.4, -0.2) is 17.7 Å². The first-order valence-electron chi connectivity index (χ1n) is 5.58. The monoisotopic (exact) mass is 276 g/mol. The Morgan fingerprint density at radius 3 is 2.78 bits per heavy atom. The number of thiophene rings is 1. The molecule has 0 saturated heterocycles. The molecular weight excluding hydrogens is 264 g/mol. The van der Waals surface area contributed by atoms with Crippen molar-refractivity contribution in [3.8, 4) is 0 Å². The van der Waals surface area contributed by atoms with Crippen LogP contribution in [0.1, 0.15) is 9.67 Å². The minimum absolute atomic E-state index is 0.0537. The SMILES string of the molecule is CN(c1ccccc1)C1Nc2ccsc2C(=O)S1. The number of carbonyl (C=O) groups is 1. The lowest BCUT2D eigenvalue weighted by atomic mass is 10.3. The van der Waals surface area contributed by atoms with E-state index in [4.69, 9.17) is 0 Å². The highest BCUT2D eigenvalue weighted by atomic mass is 32.2. The Hall–Kier alpha value is -1.46. The third-order valence-electron chi connectivity index (χ3n) is 2.86. The molecule has 0 aliphatic carbocycles. The third kappa shape index (κ3) is 2.00. The summed E-state index contributed by atoms with van der Waals surface area (Å²) in [6.45, 7) is 0. The van der Waals surface area contributed by atoms with Crippen molar-refractivity contribution in [2.75, 3.05) is 17.3 Å². The van der Waals surface area contributed by atoms with Crippen molar-refractivity contribution >= 4 is 39.6 Å². The van der Waals surface area contributed by atoms with Gasteiger partial charge in [0, 0.05) is 12.7 Å². The molecule has 1 aliphatic heterocycles. The zero-order valence-corrected chi connectivity index (χ0v) is 11.4. The van der Waals surface area contributed by atoms with Gasteiger partial charge in [-0.1, -0.05) is 18.2 Å². The number of hydrogen-bond acceptors (Lipinski definition) is 5. The van der Waals surface area contributed by atoms with Crippen LogP contribution in [0.3, 0.4) is 0 Å². The number of nitrogens with zero attached hydrogens (tertiary/aromatic N) is 1. The quantitative estimate of drug-likeness (QED) is 0.910. The molecule has 1 aliphatic rings. The number of rotatable bonds is 2. The number of carbonyl (C=O) groups excluding carboxylic acids is 1. The molecule has 0 spiro atoms. The molecule has 1 aromatic heterocycles. The van der Waals surface area contributed by atoms with Crippen molar-refractivity contribution < 1.29 is 4.79 Å². The second-order valence-corrected chi connectivity index (χ2v) is 5.98. The average Bonchev–Trinajstić information content (AvgIpc) is 2.88. The first-order valence-corrected chi connectivity index (χ1v) is 7.34. The summed E-state index contributed by atoms with van der Waals surface area (Å²) in [7, 11) is 1.99. The molecule has 92 valence electrons. The fourth-order valence-corrected chi connectivity index (χ4v) is 3.74. The maximum absolute atomic E-state index is 12.0. The van der Waals surface area contributed by atoms with E-state index in [1.807, 2.05) is 48.8 Å². The second kappa shape index (κ2) is 4.66. The fraction of sp³-hybridized carbons (Fsp3) is 0.154. The van der Waals surface area contributed by atoms with Crippen LogP contribution in [0.25, 0.3) is 0 Å². The molecule has 1 N–H and O–H groups in total. The average molecular weight is 276 g/mol. The summed E-state index contributed by atoms with van der Waals surface area (Å²) in [4.78, 5) is 14.9. The lowest BCUT2D eigenvalue weighted by Gasteiger charge is -2.32. The second-order valence-electron chi connectivity index (χ2n) is 4.01. The predicted octanol–water partition coefficient (Wildman–Crippen LogP) is 3.47. The fourth-order valence-electron chi connectivity index (χ4n) is 1.87. The van der Waals surface area contributed by atoms with Gasteiger partial charge in [0.25, 0.3) is 0 Å². The summed E-state index contributed by atoms with van der Waals surface area (Å²) in [5, 5.41) is 5.47. The van der Waals surface area contributed by atoms with E-state index in [1.165, 1.54) is 23.1 Å². The van der Waals surface area contributed by atoms with Crippen molar-refractivity contribution in [2.24, 2.45) is 0 Å². The standard InChI is InChI=1S/C13H12N2OS2/c1-15(9-5-3-2-4-6-9)13-14-10-7-8-17-11(10)12(16)18-13/h2-8,13-14H,1H3. The summed E-state index contributed by atoms with van der Waals surface area (Å²) < 4.78 is 0. The Labute approximate surface area is 114 Å². The number of hydrogen-bond donors (Lipinski definition) is 1. The van der Waals surface area contributed by atoms with Gasteiger partial charge in [0.15, 0.2) is 5.50 Å². The number of fused-ring (bicyclic) bond motifs is 1. The lowest BCUT2D eigenvalue weighted by Crippen LogP contribution is -2.38. The molecule has 0 saturated carbocycles. The maximum Gasteiger partial charge on any atom is 0.235 e. The molecule has 1 unspecified atom stereocenters. The minimum Gasteiger partial charge on any atom is -0.355 e. The van der Waals surface area contributed by atoms with Crippen LogP contribution in [0.5, 0.6) is 0 Å². The van der Waals surface area contributed by atoms with Crippen LogP contribution in [-0.2, 0) is 0 Å². The van der Waals surface area contributed by atoms with Gasteiger partial charge >= 0.3 is 0 Å². The number of para-hydroxylation sites is 1. The molecule has 0 amide bonds. The van der Waals surface area contributed by atoms with Crippen molar-refractivity contribution in [2.45, 2.75) is 5.50 Å². The first kappa shape index (κ1) is 11.6. The van der Waals surface area contributed by atoms with E-state index in [2.05, 4.69) is 10.2 Å². The molecule has 0 bridgehead atoms. The lowest BCUT2D eigenvalue weighted by molar-refractivity contribution is 0.109. The Morgan fingerprint density at radius 1 is 1.22 bits per heavy atom. The van der Waals surface area contributed by atoms with E-state index in [0.29, 0.717) is 0 Å². The molecule has 1 aromatic carbocycles. The topological polar surface area (TPSA) is 32.3 Å². The number of benzene rings is 1. The number of anilines is 2. The Morgan fingerprint density at radius 2 is 2.00 bits per heavy atom. The number of thioether (sulfide) groups is 1. The molecule has 3 nitrogen and oxygen atoms in total. The summed E-state index contributed by atoms with van der Waals surface area (Å²) in [5.74, 6) is 0. The molecule has 2 heterocycles. The van der Waals surface area contributed by atoms with E-state index in [1.54, 1.807) is 0 Å². The Balaban J connectivity index is 1.86. The van der Waals surface area contributed by atoms with Gasteiger partial charge in [-0.05, 0) is 35.3 Å². The molecule has 1 atom stereocenters. The molecule has 18 heavy (non-hydrogen) atoms. The molecule has 0 fully saturated rings. The zero-order chi connectivity index (χ0) is 12.5. The smallest absolute Gasteiger partial charge is 0.235 e.